The molecule has 0 amide bonds. The van der Waals surface area contributed by atoms with Crippen molar-refractivity contribution < 1.29 is 23.5 Å². The number of cyclic esters (lactones) is 1. The molecule has 0 fully saturated rings. The fraction of sp³-hybridized carbons (Fsp3) is 0.515. The Bertz CT molecular complexity index is 1740. The van der Waals surface area contributed by atoms with E-state index in [0.29, 0.717) is 34.6 Å². The van der Waals surface area contributed by atoms with Crippen molar-refractivity contribution in [3.05, 3.63) is 61.7 Å². The number of halogens is 1. The first-order valence-electron chi connectivity index (χ1n) is 15.3. The van der Waals surface area contributed by atoms with Gasteiger partial charge in [0.05, 0.1) is 29.0 Å². The Morgan fingerprint density at radius 1 is 1.21 bits per heavy atom. The second-order valence-corrected chi connectivity index (χ2v) is 12.2. The van der Waals surface area contributed by atoms with Crippen molar-refractivity contribution in [2.24, 2.45) is 11.7 Å². The number of fused-ring (bicyclic) bond motifs is 5. The van der Waals surface area contributed by atoms with Crippen LogP contribution in [0.4, 0.5) is 4.39 Å². The van der Waals surface area contributed by atoms with Gasteiger partial charge in [-0.2, -0.15) is 0 Å². The molecule has 228 valence electrons. The molecule has 0 saturated carbocycles. The Morgan fingerprint density at radius 2 is 1.93 bits per heavy atom. The van der Waals surface area contributed by atoms with E-state index in [-0.39, 0.29) is 41.9 Å². The lowest BCUT2D eigenvalue weighted by molar-refractivity contribution is -0.190. The van der Waals surface area contributed by atoms with Gasteiger partial charge in [-0.3, -0.25) is 14.5 Å². The van der Waals surface area contributed by atoms with Crippen molar-refractivity contribution in [3.8, 4) is 11.4 Å². The summed E-state index contributed by atoms with van der Waals surface area (Å²) in [7, 11) is 0. The number of rotatable bonds is 7. The molecule has 3 atom stereocenters. The molecule has 0 spiro atoms. The summed E-state index contributed by atoms with van der Waals surface area (Å²) in [5.74, 6) is -2.00. The van der Waals surface area contributed by atoms with Gasteiger partial charge in [-0.15, -0.1) is 0 Å². The third-order valence-electron chi connectivity index (χ3n) is 9.83. The van der Waals surface area contributed by atoms with Crippen LogP contribution in [-0.4, -0.2) is 45.5 Å². The molecule has 1 unspecified atom stereocenters. The van der Waals surface area contributed by atoms with Gasteiger partial charge < -0.3 is 19.8 Å². The maximum atomic E-state index is 15.2. The Labute approximate surface area is 250 Å². The molecular weight excluding hydrogens is 551 g/mol. The highest BCUT2D eigenvalue weighted by Crippen LogP contribution is 2.47. The number of ether oxygens (including phenoxy) is 2. The van der Waals surface area contributed by atoms with Crippen LogP contribution in [0, 0.1) is 18.7 Å². The number of nitrogens with zero attached hydrogens (tertiary/aromatic N) is 3. The Hall–Kier alpha value is -3.63. The molecule has 1 aromatic carbocycles. The Kier molecular flexibility index (Phi) is 7.20. The molecule has 3 aromatic rings. The van der Waals surface area contributed by atoms with E-state index in [2.05, 4.69) is 18.7 Å². The molecule has 10 heteroatoms. The van der Waals surface area contributed by atoms with Crippen LogP contribution in [0.1, 0.15) is 86.9 Å². The summed E-state index contributed by atoms with van der Waals surface area (Å²) < 4.78 is 28.2. The normalized spacial score (nSPS) is 21.1. The molecule has 1 aliphatic carbocycles. The second-order valence-electron chi connectivity index (χ2n) is 12.2. The molecule has 43 heavy (non-hydrogen) atoms. The summed E-state index contributed by atoms with van der Waals surface area (Å²) in [6, 6.07) is 2.37. The van der Waals surface area contributed by atoms with Crippen molar-refractivity contribution in [1.82, 2.24) is 14.5 Å². The van der Waals surface area contributed by atoms with Crippen LogP contribution < -0.4 is 11.3 Å². The summed E-state index contributed by atoms with van der Waals surface area (Å²) in [5.41, 5.74) is 9.81. The molecule has 2 aliphatic heterocycles. The highest BCUT2D eigenvalue weighted by molar-refractivity contribution is 5.93. The number of benzene rings is 1. The minimum absolute atomic E-state index is 0.0550. The Morgan fingerprint density at radius 3 is 2.58 bits per heavy atom. The maximum absolute atomic E-state index is 15.2. The molecule has 0 bridgehead atoms. The predicted octanol–water partition coefficient (Wildman–Crippen LogP) is 4.39. The van der Waals surface area contributed by atoms with Crippen LogP contribution in [0.3, 0.4) is 0 Å². The first-order valence-corrected chi connectivity index (χ1v) is 15.3. The van der Waals surface area contributed by atoms with Gasteiger partial charge in [-0.1, -0.05) is 34.6 Å². The van der Waals surface area contributed by atoms with Gasteiger partial charge in [0.2, 0.25) is 5.60 Å². The average molecular weight is 591 g/mol. The lowest BCUT2D eigenvalue weighted by Gasteiger charge is -2.36. The van der Waals surface area contributed by atoms with Crippen LogP contribution in [0.5, 0.6) is 0 Å². The van der Waals surface area contributed by atoms with E-state index >= 15 is 4.39 Å². The topological polar surface area (TPSA) is 117 Å². The number of hydrogen-bond acceptors (Lipinski definition) is 8. The van der Waals surface area contributed by atoms with Gasteiger partial charge in [0, 0.05) is 28.6 Å². The van der Waals surface area contributed by atoms with E-state index in [9.17, 15) is 14.4 Å². The van der Waals surface area contributed by atoms with E-state index in [0.717, 1.165) is 48.0 Å². The molecule has 3 aliphatic rings. The summed E-state index contributed by atoms with van der Waals surface area (Å²) in [4.78, 5) is 48.0. The smallest absolute Gasteiger partial charge is 0.355 e. The number of nitrogens with two attached hydrogens (primary N) is 1. The molecule has 6 rings (SSSR count). The van der Waals surface area contributed by atoms with Crippen LogP contribution in [0.25, 0.3) is 22.3 Å². The minimum Gasteiger partial charge on any atom is -0.457 e. The van der Waals surface area contributed by atoms with E-state index in [1.807, 2.05) is 6.92 Å². The Balaban J connectivity index is 1.61. The SMILES string of the molecule is CCN(CC)C1CCc2c(C)c(F)cc3nc4c(c1c23)Cn1c-4cc2c(c1=O)COC(=O)[C@@]2(CC)OC(=O)[C@@H](N)C(C)C. The maximum Gasteiger partial charge on any atom is 0.355 e. The number of pyridine rings is 2. The van der Waals surface area contributed by atoms with Gasteiger partial charge in [0.1, 0.15) is 18.5 Å². The second kappa shape index (κ2) is 10.5. The van der Waals surface area contributed by atoms with Crippen LogP contribution in [0.15, 0.2) is 16.9 Å². The minimum atomic E-state index is -1.82. The van der Waals surface area contributed by atoms with Gasteiger partial charge in [0.15, 0.2) is 0 Å². The standard InChI is InChI=1S/C33H39FN4O5/c1-7-33(43-31(40)28(35)16(4)5)21-12-25-29-19(14-38(25)30(39)20(21)15-42-32(33)41)27-24(37(8-2)9-3)11-10-18-17(6)22(34)13-23(36-29)26(18)27/h12-13,16,24,28H,7-11,14-15,35H2,1-6H3/t24?,28-,33-/m0/s1. The number of carbonyl (C=O) groups excluding carboxylic acids is 2. The van der Waals surface area contributed by atoms with Gasteiger partial charge >= 0.3 is 11.9 Å². The van der Waals surface area contributed by atoms with Gasteiger partial charge in [-0.05, 0) is 68.0 Å². The fourth-order valence-electron chi connectivity index (χ4n) is 7.23. The molecule has 2 N–H and O–H groups in total. The lowest BCUT2D eigenvalue weighted by atomic mass is 9.81. The summed E-state index contributed by atoms with van der Waals surface area (Å²) in [6.07, 6.45) is 1.64. The predicted molar refractivity (Wildman–Crippen MR) is 160 cm³/mol. The molecule has 4 heterocycles. The quantitative estimate of drug-likeness (QED) is 0.315. The van der Waals surface area contributed by atoms with Crippen molar-refractivity contribution in [2.75, 3.05) is 13.1 Å². The number of esters is 2. The molecule has 0 saturated heterocycles. The monoisotopic (exact) mass is 590 g/mol. The third kappa shape index (κ3) is 4.17. The summed E-state index contributed by atoms with van der Waals surface area (Å²) in [5, 5.41) is 0.976. The number of hydrogen-bond donors (Lipinski definition) is 1. The zero-order valence-electron chi connectivity index (χ0n) is 25.7. The third-order valence-corrected chi connectivity index (χ3v) is 9.83. The van der Waals surface area contributed by atoms with Gasteiger partial charge in [-0.25, -0.2) is 14.2 Å². The molecule has 9 nitrogen and oxygen atoms in total. The van der Waals surface area contributed by atoms with Crippen LogP contribution in [0.2, 0.25) is 0 Å². The first-order chi connectivity index (χ1) is 20.5. The summed E-state index contributed by atoms with van der Waals surface area (Å²) >= 11 is 0. The lowest BCUT2D eigenvalue weighted by Crippen LogP contribution is -2.50. The van der Waals surface area contributed by atoms with Crippen molar-refractivity contribution in [3.63, 3.8) is 0 Å². The molecule has 2 aromatic heterocycles. The average Bonchev–Trinajstić information content (AvgIpc) is 3.36. The fourth-order valence-corrected chi connectivity index (χ4v) is 7.23. The number of carbonyl (C=O) groups is 2. The van der Waals surface area contributed by atoms with Crippen molar-refractivity contribution in [1.29, 1.82) is 0 Å². The van der Waals surface area contributed by atoms with Gasteiger partial charge in [0.25, 0.3) is 5.56 Å². The number of aromatic nitrogens is 2. The first kappa shape index (κ1) is 29.4. The van der Waals surface area contributed by atoms with E-state index < -0.39 is 23.6 Å². The van der Waals surface area contributed by atoms with Crippen LogP contribution >= 0.6 is 0 Å². The highest BCUT2D eigenvalue weighted by atomic mass is 19.1. The van der Waals surface area contributed by atoms with Crippen molar-refractivity contribution >= 4 is 22.8 Å². The number of aryl methyl sites for hydroxylation is 1. The molecule has 0 radical (unpaired) electrons. The van der Waals surface area contributed by atoms with E-state index in [1.165, 1.54) is 6.07 Å². The van der Waals surface area contributed by atoms with E-state index in [1.54, 1.807) is 31.4 Å². The largest absolute Gasteiger partial charge is 0.457 e. The van der Waals surface area contributed by atoms with Crippen LogP contribution in [-0.2, 0) is 44.2 Å². The molecular formula is C33H39FN4O5. The zero-order chi connectivity index (χ0) is 31.0. The van der Waals surface area contributed by atoms with E-state index in [4.69, 9.17) is 20.2 Å². The zero-order valence-corrected chi connectivity index (χ0v) is 25.7. The summed E-state index contributed by atoms with van der Waals surface area (Å²) in [6.45, 7) is 13.1. The highest BCUT2D eigenvalue weighted by Gasteiger charge is 2.51. The van der Waals surface area contributed by atoms with Crippen molar-refractivity contribution in [2.45, 2.75) is 91.6 Å².